The number of rotatable bonds is 7. The van der Waals surface area contributed by atoms with E-state index in [-0.39, 0.29) is 42.3 Å². The molecule has 0 bridgehead atoms. The fraction of sp³-hybridized carbons (Fsp3) is 0.417. The summed E-state index contributed by atoms with van der Waals surface area (Å²) < 4.78 is 6.88. The van der Waals surface area contributed by atoms with Crippen LogP contribution in [-0.2, 0) is 19.1 Å². The molecule has 0 saturated carbocycles. The molecule has 2 aliphatic rings. The van der Waals surface area contributed by atoms with Gasteiger partial charge in [-0.25, -0.2) is 4.98 Å². The van der Waals surface area contributed by atoms with Gasteiger partial charge in [0.1, 0.15) is 21.8 Å². The van der Waals surface area contributed by atoms with Crippen molar-refractivity contribution in [2.75, 3.05) is 24.6 Å². The molecule has 12 heteroatoms. The van der Waals surface area contributed by atoms with E-state index in [2.05, 4.69) is 5.32 Å². The number of carbonyl (C=O) groups is 3. The second-order valence-electron chi connectivity index (χ2n) is 8.40. The van der Waals surface area contributed by atoms with Gasteiger partial charge in [0.25, 0.3) is 11.5 Å². The zero-order chi connectivity index (χ0) is 26.0. The van der Waals surface area contributed by atoms with Gasteiger partial charge >= 0.3 is 5.97 Å². The molecular weight excluding hydrogens is 502 g/mol. The highest BCUT2D eigenvalue weighted by atomic mass is 32.2. The molecule has 2 aliphatic heterocycles. The summed E-state index contributed by atoms with van der Waals surface area (Å²) in [6.45, 7) is 6.39. The summed E-state index contributed by atoms with van der Waals surface area (Å²) >= 11 is 6.57. The Morgan fingerprint density at radius 2 is 2.11 bits per heavy atom. The minimum absolute atomic E-state index is 0.0848. The molecule has 36 heavy (non-hydrogen) atoms. The Morgan fingerprint density at radius 1 is 1.33 bits per heavy atom. The topological polar surface area (TPSA) is 113 Å². The van der Waals surface area contributed by atoms with Crippen LogP contribution in [0.15, 0.2) is 34.1 Å². The van der Waals surface area contributed by atoms with E-state index < -0.39 is 17.6 Å². The number of piperazine rings is 1. The van der Waals surface area contributed by atoms with Crippen LogP contribution in [0.5, 0.6) is 0 Å². The number of amides is 2. The van der Waals surface area contributed by atoms with Crippen LogP contribution in [0.25, 0.3) is 11.7 Å². The molecule has 190 valence electrons. The maximum atomic E-state index is 13.6. The number of thioether (sulfide) groups is 1. The van der Waals surface area contributed by atoms with Gasteiger partial charge in [-0.3, -0.25) is 28.5 Å². The Bertz CT molecular complexity index is 1320. The van der Waals surface area contributed by atoms with E-state index in [0.717, 1.165) is 18.2 Å². The van der Waals surface area contributed by atoms with Gasteiger partial charge in [0.05, 0.1) is 23.5 Å². The Labute approximate surface area is 217 Å². The van der Waals surface area contributed by atoms with Crippen molar-refractivity contribution in [2.45, 2.75) is 45.7 Å². The monoisotopic (exact) mass is 529 g/mol. The van der Waals surface area contributed by atoms with Gasteiger partial charge in [-0.05, 0) is 38.5 Å². The third-order valence-electron chi connectivity index (χ3n) is 6.15. The summed E-state index contributed by atoms with van der Waals surface area (Å²) in [6.07, 6.45) is 3.61. The number of fused-ring (bicyclic) bond motifs is 1. The first-order valence-corrected chi connectivity index (χ1v) is 13.0. The average molecular weight is 530 g/mol. The number of ether oxygens (including phenoxy) is 1. The highest BCUT2D eigenvalue weighted by Crippen LogP contribution is 2.35. The maximum Gasteiger partial charge on any atom is 0.308 e. The molecule has 4 rings (SSSR count). The van der Waals surface area contributed by atoms with Gasteiger partial charge in [-0.1, -0.05) is 37.0 Å². The average Bonchev–Trinajstić information content (AvgIpc) is 3.14. The van der Waals surface area contributed by atoms with Crippen LogP contribution in [0, 0.1) is 0 Å². The summed E-state index contributed by atoms with van der Waals surface area (Å²) in [4.78, 5) is 60.1. The first kappa shape index (κ1) is 25.8. The standard InChI is InChI=1S/C24H27N5O5S2/c1-4-14(3)29-23(33)17(36-24(29)35)12-15-20(26-18-8-6-7-10-28(18)22(15)32)27-11-9-25-21(31)16(27)13-19(30)34-5-2/h6-8,10,12,14,16H,4-5,9,11,13H2,1-3H3,(H,25,31)/b17-12+/t14-,16-/m1/s1. The Balaban J connectivity index is 1.86. The summed E-state index contributed by atoms with van der Waals surface area (Å²) in [5.41, 5.74) is 0.125. The molecule has 2 amide bonds. The second kappa shape index (κ2) is 10.8. The molecule has 0 spiro atoms. The molecule has 2 aromatic rings. The Kier molecular flexibility index (Phi) is 7.74. The highest BCUT2D eigenvalue weighted by molar-refractivity contribution is 8.26. The second-order valence-corrected chi connectivity index (χ2v) is 10.1. The lowest BCUT2D eigenvalue weighted by molar-refractivity contribution is -0.145. The first-order chi connectivity index (χ1) is 17.3. The largest absolute Gasteiger partial charge is 0.466 e. The van der Waals surface area contributed by atoms with Gasteiger partial charge in [0, 0.05) is 25.3 Å². The minimum Gasteiger partial charge on any atom is -0.466 e. The van der Waals surface area contributed by atoms with Gasteiger partial charge in [-0.2, -0.15) is 0 Å². The number of anilines is 1. The molecule has 2 saturated heterocycles. The van der Waals surface area contributed by atoms with Crippen LogP contribution in [0.2, 0.25) is 0 Å². The number of aromatic nitrogens is 2. The zero-order valence-corrected chi connectivity index (χ0v) is 21.9. The van der Waals surface area contributed by atoms with Crippen LogP contribution < -0.4 is 15.8 Å². The van der Waals surface area contributed by atoms with Crippen molar-refractivity contribution in [3.8, 4) is 0 Å². The van der Waals surface area contributed by atoms with Crippen molar-refractivity contribution in [3.63, 3.8) is 0 Å². The third-order valence-corrected chi connectivity index (χ3v) is 7.48. The molecule has 10 nitrogen and oxygen atoms in total. The highest BCUT2D eigenvalue weighted by Gasteiger charge is 2.37. The van der Waals surface area contributed by atoms with Crippen molar-refractivity contribution in [3.05, 3.63) is 45.2 Å². The molecule has 2 aromatic heterocycles. The molecule has 1 N–H and O–H groups in total. The third kappa shape index (κ3) is 4.87. The number of carbonyl (C=O) groups excluding carboxylic acids is 3. The number of pyridine rings is 1. The van der Waals surface area contributed by atoms with Crippen LogP contribution in [0.3, 0.4) is 0 Å². The van der Waals surface area contributed by atoms with E-state index in [1.54, 1.807) is 41.1 Å². The quantitative estimate of drug-likeness (QED) is 0.327. The minimum atomic E-state index is -0.919. The smallest absolute Gasteiger partial charge is 0.308 e. The van der Waals surface area contributed by atoms with Gasteiger partial charge in [0.2, 0.25) is 5.91 Å². The van der Waals surface area contributed by atoms with E-state index in [0.29, 0.717) is 28.0 Å². The van der Waals surface area contributed by atoms with Crippen LogP contribution in [-0.4, -0.2) is 68.2 Å². The lowest BCUT2D eigenvalue weighted by Gasteiger charge is -2.36. The van der Waals surface area contributed by atoms with E-state index in [4.69, 9.17) is 21.9 Å². The van der Waals surface area contributed by atoms with Crippen molar-refractivity contribution in [1.29, 1.82) is 0 Å². The van der Waals surface area contributed by atoms with Crippen LogP contribution in [0.1, 0.15) is 39.2 Å². The van der Waals surface area contributed by atoms with Crippen LogP contribution in [0.4, 0.5) is 5.82 Å². The Morgan fingerprint density at radius 3 is 2.83 bits per heavy atom. The fourth-order valence-electron chi connectivity index (χ4n) is 4.16. The van der Waals surface area contributed by atoms with Gasteiger partial charge in [-0.15, -0.1) is 0 Å². The lowest BCUT2D eigenvalue weighted by Crippen LogP contribution is -2.57. The van der Waals surface area contributed by atoms with Crippen molar-refractivity contribution in [1.82, 2.24) is 19.6 Å². The molecule has 0 aromatic carbocycles. The number of nitrogens with one attached hydrogen (secondary N) is 1. The molecule has 0 radical (unpaired) electrons. The predicted molar refractivity (Wildman–Crippen MR) is 142 cm³/mol. The number of esters is 1. The maximum absolute atomic E-state index is 13.6. The summed E-state index contributed by atoms with van der Waals surface area (Å²) in [5.74, 6) is -0.942. The molecule has 2 fully saturated rings. The Hall–Kier alpha value is -3.25. The predicted octanol–water partition coefficient (Wildman–Crippen LogP) is 1.95. The van der Waals surface area contributed by atoms with Crippen molar-refractivity contribution in [2.24, 2.45) is 0 Å². The number of thiocarbonyl (C=S) groups is 1. The van der Waals surface area contributed by atoms with E-state index in [1.165, 1.54) is 10.5 Å². The normalized spacial score (nSPS) is 20.2. The molecule has 0 unspecified atom stereocenters. The van der Waals surface area contributed by atoms with Crippen molar-refractivity contribution < 1.29 is 19.1 Å². The zero-order valence-electron chi connectivity index (χ0n) is 20.2. The number of hydrogen-bond donors (Lipinski definition) is 1. The molecule has 2 atom stereocenters. The summed E-state index contributed by atoms with van der Waals surface area (Å²) in [7, 11) is 0. The van der Waals surface area contributed by atoms with Crippen molar-refractivity contribution >= 4 is 63.6 Å². The molecular formula is C24H27N5O5S2. The SMILES string of the molecule is CCOC(=O)C[C@@H]1C(=O)NCCN1c1nc2ccccn2c(=O)c1/C=C1/SC(=S)N([C@H](C)CC)C1=O. The molecule has 0 aliphatic carbocycles. The first-order valence-electron chi connectivity index (χ1n) is 11.7. The number of hydrogen-bond acceptors (Lipinski definition) is 9. The lowest BCUT2D eigenvalue weighted by atomic mass is 10.1. The van der Waals surface area contributed by atoms with Gasteiger partial charge < -0.3 is 15.0 Å². The van der Waals surface area contributed by atoms with E-state index in [1.807, 2.05) is 13.8 Å². The van der Waals surface area contributed by atoms with Gasteiger partial charge in [0.15, 0.2) is 0 Å². The fourth-order valence-corrected chi connectivity index (χ4v) is 5.60. The summed E-state index contributed by atoms with van der Waals surface area (Å²) in [6, 6.07) is 4.14. The van der Waals surface area contributed by atoms with Crippen LogP contribution >= 0.6 is 24.0 Å². The van der Waals surface area contributed by atoms with E-state index in [9.17, 15) is 19.2 Å². The summed E-state index contributed by atoms with van der Waals surface area (Å²) in [5, 5.41) is 2.76. The molecule has 4 heterocycles. The number of nitrogens with zero attached hydrogens (tertiary/aromatic N) is 4. The van der Waals surface area contributed by atoms with E-state index >= 15 is 0 Å².